The zero-order chi connectivity index (χ0) is 17.7. The zero-order valence-electron chi connectivity index (χ0n) is 13.2. The van der Waals surface area contributed by atoms with E-state index in [9.17, 15) is 13.6 Å². The van der Waals surface area contributed by atoms with Crippen LogP contribution < -0.4 is 0 Å². The first-order chi connectivity index (χ1) is 11.9. The Hall–Kier alpha value is -2.54. The smallest absolute Gasteiger partial charge is 0.274 e. The van der Waals surface area contributed by atoms with E-state index in [1.165, 1.54) is 22.8 Å². The van der Waals surface area contributed by atoms with E-state index in [0.717, 1.165) is 5.56 Å². The largest absolute Gasteiger partial charge is 0.330 e. The summed E-state index contributed by atoms with van der Waals surface area (Å²) in [5.41, 5.74) is 2.07. The lowest BCUT2D eigenvalue weighted by Gasteiger charge is -2.34. The van der Waals surface area contributed by atoms with Gasteiger partial charge in [-0.15, -0.1) is 0 Å². The summed E-state index contributed by atoms with van der Waals surface area (Å²) in [6.07, 6.45) is 3.50. The van der Waals surface area contributed by atoms with E-state index < -0.39 is 11.6 Å². The maximum Gasteiger partial charge on any atom is 0.274 e. The Bertz CT molecular complexity index is 1000. The van der Waals surface area contributed by atoms with Crippen LogP contribution in [-0.4, -0.2) is 31.9 Å². The maximum atomic E-state index is 13.6. The van der Waals surface area contributed by atoms with Crippen molar-refractivity contribution in [1.82, 2.24) is 19.5 Å². The highest BCUT2D eigenvalue weighted by molar-refractivity contribution is 6.30. The summed E-state index contributed by atoms with van der Waals surface area (Å²) in [7, 11) is 0. The van der Waals surface area contributed by atoms with Crippen LogP contribution in [0.5, 0.6) is 0 Å². The zero-order valence-corrected chi connectivity index (χ0v) is 14.0. The molecule has 128 valence electrons. The van der Waals surface area contributed by atoms with Crippen molar-refractivity contribution in [1.29, 1.82) is 0 Å². The van der Waals surface area contributed by atoms with Crippen molar-refractivity contribution in [2.45, 2.75) is 19.4 Å². The number of hydrogen-bond acceptors (Lipinski definition) is 3. The molecule has 0 spiro atoms. The van der Waals surface area contributed by atoms with Crippen molar-refractivity contribution in [3.8, 4) is 0 Å². The molecule has 1 amide bonds. The van der Waals surface area contributed by atoms with Gasteiger partial charge in [-0.25, -0.2) is 18.3 Å². The summed E-state index contributed by atoms with van der Waals surface area (Å²) >= 11 is 5.88. The number of amides is 1. The molecule has 8 heteroatoms. The third kappa shape index (κ3) is 2.64. The molecule has 1 atom stereocenters. The highest BCUT2D eigenvalue weighted by atomic mass is 35.5. The lowest BCUT2D eigenvalue weighted by atomic mass is 9.93. The maximum absolute atomic E-state index is 13.6. The summed E-state index contributed by atoms with van der Waals surface area (Å²) in [4.78, 5) is 18.6. The van der Waals surface area contributed by atoms with Crippen molar-refractivity contribution in [2.24, 2.45) is 0 Å². The normalized spacial score (nSPS) is 17.0. The molecule has 0 radical (unpaired) electrons. The second-order valence-electron chi connectivity index (χ2n) is 5.99. The van der Waals surface area contributed by atoms with Crippen LogP contribution in [0, 0.1) is 11.6 Å². The van der Waals surface area contributed by atoms with Crippen LogP contribution in [0.4, 0.5) is 8.78 Å². The molecule has 1 aliphatic heterocycles. The van der Waals surface area contributed by atoms with Gasteiger partial charge in [0, 0.05) is 18.8 Å². The van der Waals surface area contributed by atoms with Gasteiger partial charge in [-0.2, -0.15) is 5.10 Å². The molecule has 5 nitrogen and oxygen atoms in total. The van der Waals surface area contributed by atoms with Crippen LogP contribution in [0.15, 0.2) is 30.6 Å². The topological polar surface area (TPSA) is 50.5 Å². The van der Waals surface area contributed by atoms with Crippen LogP contribution in [0.2, 0.25) is 5.02 Å². The fourth-order valence-corrected chi connectivity index (χ4v) is 3.34. The Labute approximate surface area is 146 Å². The molecule has 4 rings (SSSR count). The Morgan fingerprint density at radius 1 is 1.28 bits per heavy atom. The number of carbonyl (C=O) groups excluding carboxylic acids is 1. The van der Waals surface area contributed by atoms with E-state index in [1.807, 2.05) is 0 Å². The third-order valence-corrected chi connectivity index (χ3v) is 4.68. The number of carbonyl (C=O) groups is 1. The lowest BCUT2D eigenvalue weighted by molar-refractivity contribution is 0.0670. The van der Waals surface area contributed by atoms with Crippen molar-refractivity contribution < 1.29 is 13.6 Å². The molecule has 1 aromatic carbocycles. The second kappa shape index (κ2) is 5.77. The first kappa shape index (κ1) is 16.0. The minimum absolute atomic E-state index is 0.229. The summed E-state index contributed by atoms with van der Waals surface area (Å²) in [5, 5.41) is 4.62. The van der Waals surface area contributed by atoms with Crippen LogP contribution in [0.3, 0.4) is 0 Å². The summed E-state index contributed by atoms with van der Waals surface area (Å²) in [6, 6.07) is 3.57. The number of fused-ring (bicyclic) bond motifs is 2. The van der Waals surface area contributed by atoms with Crippen molar-refractivity contribution >= 4 is 23.2 Å². The molecule has 0 saturated carbocycles. The average molecular weight is 363 g/mol. The van der Waals surface area contributed by atoms with Gasteiger partial charge in [0.15, 0.2) is 23.0 Å². The fourth-order valence-electron chi connectivity index (χ4n) is 3.19. The third-order valence-electron chi connectivity index (χ3n) is 4.48. The Kier molecular flexibility index (Phi) is 3.68. The molecule has 2 aromatic heterocycles. The quantitative estimate of drug-likeness (QED) is 0.666. The molecule has 3 heterocycles. The van der Waals surface area contributed by atoms with E-state index >= 15 is 0 Å². The van der Waals surface area contributed by atoms with Crippen molar-refractivity contribution in [3.63, 3.8) is 0 Å². The molecule has 0 aliphatic carbocycles. The van der Waals surface area contributed by atoms with Crippen LogP contribution in [0.1, 0.15) is 34.6 Å². The van der Waals surface area contributed by atoms with Crippen molar-refractivity contribution in [2.75, 3.05) is 6.54 Å². The average Bonchev–Trinajstić information content (AvgIpc) is 2.99. The van der Waals surface area contributed by atoms with Gasteiger partial charge in [0.25, 0.3) is 5.91 Å². The molecule has 1 aliphatic rings. The van der Waals surface area contributed by atoms with Crippen LogP contribution >= 0.6 is 11.6 Å². The summed E-state index contributed by atoms with van der Waals surface area (Å²) < 4.78 is 28.5. The summed E-state index contributed by atoms with van der Waals surface area (Å²) in [6.45, 7) is 2.19. The van der Waals surface area contributed by atoms with Crippen molar-refractivity contribution in [3.05, 3.63) is 64.1 Å². The molecule has 0 saturated heterocycles. The molecule has 0 fully saturated rings. The Balaban J connectivity index is 1.68. The van der Waals surface area contributed by atoms with Crippen LogP contribution in [0.25, 0.3) is 5.65 Å². The fraction of sp³-hybridized carbons (Fsp3) is 0.235. The van der Waals surface area contributed by atoms with Gasteiger partial charge in [0.1, 0.15) is 0 Å². The van der Waals surface area contributed by atoms with Gasteiger partial charge < -0.3 is 4.90 Å². The molecule has 3 aromatic rings. The number of benzene rings is 1. The van der Waals surface area contributed by atoms with Crippen LogP contribution in [-0.2, 0) is 6.42 Å². The predicted molar refractivity (Wildman–Crippen MR) is 87.5 cm³/mol. The standard InChI is InChI=1S/C17H13ClF2N4O/c1-9-12-5-14(20)13(19)4-10(12)2-3-23(9)17(25)15-6-16-21-7-11(18)8-24(16)22-15/h4-9H,2-3H2,1H3. The Morgan fingerprint density at radius 2 is 2.04 bits per heavy atom. The number of aromatic nitrogens is 3. The Morgan fingerprint density at radius 3 is 2.84 bits per heavy atom. The first-order valence-electron chi connectivity index (χ1n) is 7.74. The van der Waals surface area contributed by atoms with E-state index in [2.05, 4.69) is 10.1 Å². The molecular weight excluding hydrogens is 350 g/mol. The SMILES string of the molecule is CC1c2cc(F)c(F)cc2CCN1C(=O)c1cc2ncc(Cl)cn2n1. The first-order valence-corrected chi connectivity index (χ1v) is 8.11. The molecule has 1 unspecified atom stereocenters. The molecular formula is C17H13ClF2N4O. The predicted octanol–water partition coefficient (Wildman–Crippen LogP) is 3.42. The van der Waals surface area contributed by atoms with Gasteiger partial charge in [-0.1, -0.05) is 11.6 Å². The van der Waals surface area contributed by atoms with Gasteiger partial charge in [-0.05, 0) is 36.6 Å². The summed E-state index contributed by atoms with van der Waals surface area (Å²) in [5.74, 6) is -2.06. The minimum atomic E-state index is -0.911. The van der Waals surface area contributed by atoms with E-state index in [-0.39, 0.29) is 17.6 Å². The molecule has 25 heavy (non-hydrogen) atoms. The van der Waals surface area contributed by atoms with Gasteiger partial charge in [0.05, 0.1) is 17.3 Å². The van der Waals surface area contributed by atoms with Gasteiger partial charge in [0.2, 0.25) is 0 Å². The highest BCUT2D eigenvalue weighted by Gasteiger charge is 2.30. The molecule has 0 N–H and O–H groups in total. The van der Waals surface area contributed by atoms with E-state index in [0.29, 0.717) is 29.2 Å². The second-order valence-corrected chi connectivity index (χ2v) is 6.43. The monoisotopic (exact) mass is 362 g/mol. The number of nitrogens with zero attached hydrogens (tertiary/aromatic N) is 4. The number of halogens is 3. The van der Waals surface area contributed by atoms with Gasteiger partial charge >= 0.3 is 0 Å². The van der Waals surface area contributed by atoms with E-state index in [1.54, 1.807) is 24.1 Å². The lowest BCUT2D eigenvalue weighted by Crippen LogP contribution is -2.39. The number of rotatable bonds is 1. The number of hydrogen-bond donors (Lipinski definition) is 0. The minimum Gasteiger partial charge on any atom is -0.330 e. The van der Waals surface area contributed by atoms with Gasteiger partial charge in [-0.3, -0.25) is 4.79 Å². The highest BCUT2D eigenvalue weighted by Crippen LogP contribution is 2.32. The molecule has 0 bridgehead atoms. The van der Waals surface area contributed by atoms with E-state index in [4.69, 9.17) is 11.6 Å².